The number of hydrogen-bond acceptors (Lipinski definition) is 1. The summed E-state index contributed by atoms with van der Waals surface area (Å²) in [6.07, 6.45) is 10.5. The SMILES string of the molecule is CN(C)C1CCCC2CCCCC21. The Kier molecular flexibility index (Phi) is 2.92. The normalized spacial score (nSPS) is 40.4. The van der Waals surface area contributed by atoms with Crippen LogP contribution < -0.4 is 0 Å². The third-order valence-corrected chi connectivity index (χ3v) is 4.20. The molecule has 0 heterocycles. The fourth-order valence-corrected chi connectivity index (χ4v) is 3.55. The van der Waals surface area contributed by atoms with Gasteiger partial charge in [-0.3, -0.25) is 0 Å². The first kappa shape index (κ1) is 9.51. The van der Waals surface area contributed by atoms with Gasteiger partial charge in [0.2, 0.25) is 0 Å². The molecular weight excluding hydrogens is 158 g/mol. The van der Waals surface area contributed by atoms with Crippen molar-refractivity contribution in [3.63, 3.8) is 0 Å². The van der Waals surface area contributed by atoms with Crippen molar-refractivity contribution < 1.29 is 0 Å². The smallest absolute Gasteiger partial charge is 0.0120 e. The molecule has 76 valence electrons. The third kappa shape index (κ3) is 1.90. The Morgan fingerprint density at radius 3 is 2.31 bits per heavy atom. The molecule has 0 bridgehead atoms. The van der Waals surface area contributed by atoms with Gasteiger partial charge in [-0.2, -0.15) is 0 Å². The lowest BCUT2D eigenvalue weighted by atomic mass is 9.68. The largest absolute Gasteiger partial charge is 0.306 e. The maximum absolute atomic E-state index is 2.47. The summed E-state index contributed by atoms with van der Waals surface area (Å²) in [5.41, 5.74) is 0. The van der Waals surface area contributed by atoms with Crippen molar-refractivity contribution in [1.82, 2.24) is 4.90 Å². The summed E-state index contributed by atoms with van der Waals surface area (Å²) < 4.78 is 0. The number of hydrogen-bond donors (Lipinski definition) is 0. The van der Waals surface area contributed by atoms with Crippen LogP contribution in [0.25, 0.3) is 0 Å². The van der Waals surface area contributed by atoms with Gasteiger partial charge in [0.1, 0.15) is 0 Å². The molecule has 0 amide bonds. The summed E-state index contributed by atoms with van der Waals surface area (Å²) in [7, 11) is 4.53. The van der Waals surface area contributed by atoms with E-state index in [4.69, 9.17) is 0 Å². The van der Waals surface area contributed by atoms with Crippen LogP contribution >= 0.6 is 0 Å². The van der Waals surface area contributed by atoms with E-state index in [0.717, 1.165) is 17.9 Å². The molecule has 0 spiro atoms. The van der Waals surface area contributed by atoms with Crippen molar-refractivity contribution in [2.75, 3.05) is 14.1 Å². The molecular formula is C12H23N. The summed E-state index contributed by atoms with van der Waals surface area (Å²) in [6, 6.07) is 0.902. The van der Waals surface area contributed by atoms with Gasteiger partial charge < -0.3 is 4.90 Å². The van der Waals surface area contributed by atoms with Gasteiger partial charge in [0, 0.05) is 6.04 Å². The second kappa shape index (κ2) is 4.00. The average molecular weight is 181 g/mol. The molecule has 2 saturated carbocycles. The first-order valence-corrected chi connectivity index (χ1v) is 5.95. The van der Waals surface area contributed by atoms with E-state index >= 15 is 0 Å². The van der Waals surface area contributed by atoms with Crippen molar-refractivity contribution in [1.29, 1.82) is 0 Å². The number of rotatable bonds is 1. The lowest BCUT2D eigenvalue weighted by molar-refractivity contribution is 0.0695. The van der Waals surface area contributed by atoms with Gasteiger partial charge in [0.05, 0.1) is 0 Å². The summed E-state index contributed by atoms with van der Waals surface area (Å²) in [5.74, 6) is 2.12. The molecule has 2 fully saturated rings. The minimum Gasteiger partial charge on any atom is -0.306 e. The Labute approximate surface area is 82.5 Å². The standard InChI is InChI=1S/C12H23N/c1-13(2)12-9-5-7-10-6-3-4-8-11(10)12/h10-12H,3-9H2,1-2H3. The molecule has 2 aliphatic carbocycles. The zero-order valence-electron chi connectivity index (χ0n) is 9.13. The van der Waals surface area contributed by atoms with Gasteiger partial charge in [-0.1, -0.05) is 32.1 Å². The van der Waals surface area contributed by atoms with Crippen molar-refractivity contribution in [2.24, 2.45) is 11.8 Å². The molecule has 0 N–H and O–H groups in total. The summed E-state index contributed by atoms with van der Waals surface area (Å²) in [4.78, 5) is 2.47. The Hall–Kier alpha value is -0.0400. The highest BCUT2D eigenvalue weighted by molar-refractivity contribution is 4.88. The molecule has 3 atom stereocenters. The Bertz CT molecular complexity index is 163. The Balaban J connectivity index is 2.02. The number of fused-ring (bicyclic) bond motifs is 1. The van der Waals surface area contributed by atoms with Crippen LogP contribution in [0.2, 0.25) is 0 Å². The van der Waals surface area contributed by atoms with E-state index in [0.29, 0.717) is 0 Å². The lowest BCUT2D eigenvalue weighted by Crippen LogP contribution is -2.43. The second-order valence-electron chi connectivity index (χ2n) is 5.17. The average Bonchev–Trinajstić information content (AvgIpc) is 2.17. The van der Waals surface area contributed by atoms with Crippen molar-refractivity contribution in [3.8, 4) is 0 Å². The first-order valence-electron chi connectivity index (χ1n) is 5.95. The molecule has 2 rings (SSSR count). The molecule has 1 heteroatoms. The quantitative estimate of drug-likeness (QED) is 0.601. The predicted octanol–water partition coefficient (Wildman–Crippen LogP) is 2.91. The van der Waals surface area contributed by atoms with Crippen LogP contribution in [0.15, 0.2) is 0 Å². The monoisotopic (exact) mass is 181 g/mol. The zero-order valence-corrected chi connectivity index (χ0v) is 9.13. The van der Waals surface area contributed by atoms with Crippen molar-refractivity contribution >= 4 is 0 Å². The molecule has 0 aliphatic heterocycles. The van der Waals surface area contributed by atoms with Gasteiger partial charge in [-0.25, -0.2) is 0 Å². The molecule has 1 nitrogen and oxygen atoms in total. The van der Waals surface area contributed by atoms with Crippen LogP contribution in [0.5, 0.6) is 0 Å². The van der Waals surface area contributed by atoms with Gasteiger partial charge in [-0.05, 0) is 38.8 Å². The minimum absolute atomic E-state index is 0.902. The van der Waals surface area contributed by atoms with Crippen molar-refractivity contribution in [2.45, 2.75) is 51.0 Å². The molecule has 13 heavy (non-hydrogen) atoms. The van der Waals surface area contributed by atoms with Gasteiger partial charge in [0.15, 0.2) is 0 Å². The molecule has 0 aromatic heterocycles. The molecule has 0 aromatic carbocycles. The molecule has 0 radical (unpaired) electrons. The zero-order chi connectivity index (χ0) is 9.26. The minimum atomic E-state index is 0.902. The summed E-state index contributed by atoms with van der Waals surface area (Å²) >= 11 is 0. The predicted molar refractivity (Wildman–Crippen MR) is 56.8 cm³/mol. The van der Waals surface area contributed by atoms with E-state index in [1.54, 1.807) is 0 Å². The summed E-state index contributed by atoms with van der Waals surface area (Å²) in [6.45, 7) is 0. The van der Waals surface area contributed by atoms with Crippen LogP contribution in [-0.2, 0) is 0 Å². The van der Waals surface area contributed by atoms with Crippen LogP contribution in [0.4, 0.5) is 0 Å². The summed E-state index contributed by atoms with van der Waals surface area (Å²) in [5, 5.41) is 0. The van der Waals surface area contributed by atoms with Crippen LogP contribution in [0, 0.1) is 11.8 Å². The lowest BCUT2D eigenvalue weighted by Gasteiger charge is -2.44. The fraction of sp³-hybridized carbons (Fsp3) is 1.00. The van der Waals surface area contributed by atoms with Crippen LogP contribution in [0.1, 0.15) is 44.9 Å². The molecule has 0 saturated heterocycles. The van der Waals surface area contributed by atoms with E-state index in [1.807, 2.05) is 0 Å². The highest BCUT2D eigenvalue weighted by atomic mass is 15.1. The second-order valence-corrected chi connectivity index (χ2v) is 5.17. The van der Waals surface area contributed by atoms with E-state index in [9.17, 15) is 0 Å². The molecule has 2 aliphatic rings. The van der Waals surface area contributed by atoms with E-state index < -0.39 is 0 Å². The maximum Gasteiger partial charge on any atom is 0.0120 e. The number of nitrogens with zero attached hydrogens (tertiary/aromatic N) is 1. The third-order valence-electron chi connectivity index (χ3n) is 4.20. The fourth-order valence-electron chi connectivity index (χ4n) is 3.55. The van der Waals surface area contributed by atoms with E-state index in [2.05, 4.69) is 19.0 Å². The molecule has 0 aromatic rings. The highest BCUT2D eigenvalue weighted by Gasteiger charge is 2.35. The Morgan fingerprint density at radius 1 is 0.846 bits per heavy atom. The maximum atomic E-state index is 2.47. The van der Waals surface area contributed by atoms with Crippen LogP contribution in [0.3, 0.4) is 0 Å². The van der Waals surface area contributed by atoms with Gasteiger partial charge in [0.25, 0.3) is 0 Å². The topological polar surface area (TPSA) is 3.24 Å². The van der Waals surface area contributed by atoms with Gasteiger partial charge in [-0.15, -0.1) is 0 Å². The first-order chi connectivity index (χ1) is 6.29. The van der Waals surface area contributed by atoms with Crippen molar-refractivity contribution in [3.05, 3.63) is 0 Å². The Morgan fingerprint density at radius 2 is 1.54 bits per heavy atom. The highest BCUT2D eigenvalue weighted by Crippen LogP contribution is 2.41. The van der Waals surface area contributed by atoms with E-state index in [1.165, 1.54) is 44.9 Å². The molecule has 3 unspecified atom stereocenters. The van der Waals surface area contributed by atoms with E-state index in [-0.39, 0.29) is 0 Å². The van der Waals surface area contributed by atoms with Crippen LogP contribution in [-0.4, -0.2) is 25.0 Å². The van der Waals surface area contributed by atoms with Gasteiger partial charge >= 0.3 is 0 Å².